The maximum absolute atomic E-state index is 5.36. The Morgan fingerprint density at radius 1 is 0.460 bits per heavy atom. The van der Waals surface area contributed by atoms with Crippen molar-refractivity contribution < 1.29 is 0 Å². The van der Waals surface area contributed by atoms with Crippen molar-refractivity contribution in [3.63, 3.8) is 0 Å². The molecule has 2 aromatic heterocycles. The summed E-state index contributed by atoms with van der Waals surface area (Å²) >= 11 is 0. The van der Waals surface area contributed by atoms with Gasteiger partial charge in [0.05, 0.1) is 22.2 Å². The van der Waals surface area contributed by atoms with Gasteiger partial charge in [-0.1, -0.05) is 147 Å². The van der Waals surface area contributed by atoms with Gasteiger partial charge in [-0.25, -0.2) is 9.97 Å². The Bertz CT molecular complexity index is 2770. The van der Waals surface area contributed by atoms with E-state index in [4.69, 9.17) is 9.97 Å². The Kier molecular flexibility index (Phi) is 6.22. The molecule has 0 saturated carbocycles. The molecule has 0 bridgehead atoms. The van der Waals surface area contributed by atoms with Crippen molar-refractivity contribution in [2.75, 3.05) is 0 Å². The normalized spacial score (nSPS) is 13.2. The zero-order valence-electron chi connectivity index (χ0n) is 27.9. The maximum Gasteiger partial charge on any atom is 0.161 e. The molecule has 7 aromatic carbocycles. The molecule has 0 atom stereocenters. The molecule has 0 aliphatic heterocycles. The van der Waals surface area contributed by atoms with Gasteiger partial charge in [-0.2, -0.15) is 0 Å². The van der Waals surface area contributed by atoms with Gasteiger partial charge >= 0.3 is 0 Å². The molecule has 0 amide bonds. The Morgan fingerprint density at radius 3 is 1.94 bits per heavy atom. The number of hydrogen-bond donors (Lipinski definition) is 0. The van der Waals surface area contributed by atoms with Gasteiger partial charge in [0, 0.05) is 38.4 Å². The minimum absolute atomic E-state index is 0.0896. The van der Waals surface area contributed by atoms with Crippen LogP contribution in [0.4, 0.5) is 0 Å². The number of nitrogens with zero attached hydrogens (tertiary/aromatic N) is 3. The first-order valence-electron chi connectivity index (χ1n) is 17.3. The van der Waals surface area contributed by atoms with Crippen LogP contribution in [0.1, 0.15) is 25.0 Å². The van der Waals surface area contributed by atoms with Gasteiger partial charge in [-0.15, -0.1) is 0 Å². The van der Waals surface area contributed by atoms with E-state index in [1.165, 1.54) is 55.2 Å². The van der Waals surface area contributed by atoms with Crippen LogP contribution in [0.3, 0.4) is 0 Å². The molecule has 0 N–H and O–H groups in total. The van der Waals surface area contributed by atoms with Gasteiger partial charge < -0.3 is 4.57 Å². The summed E-state index contributed by atoms with van der Waals surface area (Å²) < 4.78 is 2.37. The molecule has 2 heterocycles. The molecule has 0 unspecified atom stereocenters. The van der Waals surface area contributed by atoms with Crippen LogP contribution in [0, 0.1) is 0 Å². The number of aromatic nitrogens is 3. The number of benzene rings is 7. The highest BCUT2D eigenvalue weighted by molar-refractivity contribution is 6.15. The van der Waals surface area contributed by atoms with E-state index in [1.807, 2.05) is 0 Å². The summed E-state index contributed by atoms with van der Waals surface area (Å²) in [7, 11) is 0. The summed E-state index contributed by atoms with van der Waals surface area (Å²) in [6, 6.07) is 58.7. The fourth-order valence-corrected chi connectivity index (χ4v) is 8.28. The lowest BCUT2D eigenvalue weighted by molar-refractivity contribution is 0.660. The number of hydrogen-bond acceptors (Lipinski definition) is 2. The summed E-state index contributed by atoms with van der Waals surface area (Å²) in [5, 5.41) is 3.55. The van der Waals surface area contributed by atoms with Crippen LogP contribution >= 0.6 is 0 Å². The average Bonchev–Trinajstić information content (AvgIpc) is 3.64. The van der Waals surface area contributed by atoms with Crippen LogP contribution in [0.5, 0.6) is 0 Å². The maximum atomic E-state index is 5.36. The molecule has 0 radical (unpaired) electrons. The first kappa shape index (κ1) is 28.7. The SMILES string of the molecule is CC1(C)c2ccccc2-c2c(-c3nc(-c4ccc(-c5cccc6c5c5ccccc5n6-c5ccccc5)cc4)c4ccccc4n3)cccc21. The van der Waals surface area contributed by atoms with Gasteiger partial charge in [0.2, 0.25) is 0 Å². The van der Waals surface area contributed by atoms with Crippen molar-refractivity contribution in [3.8, 4) is 50.6 Å². The third-order valence-corrected chi connectivity index (χ3v) is 10.6. The molecule has 0 saturated heterocycles. The minimum atomic E-state index is -0.0896. The van der Waals surface area contributed by atoms with Gasteiger partial charge in [-0.3, -0.25) is 0 Å². The average molecular weight is 640 g/mol. The van der Waals surface area contributed by atoms with E-state index in [1.54, 1.807) is 0 Å². The lowest BCUT2D eigenvalue weighted by atomic mass is 9.82. The van der Waals surface area contributed by atoms with E-state index in [0.29, 0.717) is 0 Å². The zero-order chi connectivity index (χ0) is 33.4. The van der Waals surface area contributed by atoms with Gasteiger partial charge in [-0.05, 0) is 63.7 Å². The second-order valence-electron chi connectivity index (χ2n) is 13.8. The Hall–Kier alpha value is -6.32. The van der Waals surface area contributed by atoms with Gasteiger partial charge in [0.25, 0.3) is 0 Å². The molecular formula is C47H33N3. The Morgan fingerprint density at radius 2 is 1.08 bits per heavy atom. The quantitative estimate of drug-likeness (QED) is 0.192. The van der Waals surface area contributed by atoms with Crippen molar-refractivity contribution >= 4 is 32.7 Å². The second kappa shape index (κ2) is 10.8. The third kappa shape index (κ3) is 4.17. The number of fused-ring (bicyclic) bond motifs is 7. The zero-order valence-corrected chi connectivity index (χ0v) is 27.9. The summed E-state index contributed by atoms with van der Waals surface area (Å²) in [6.45, 7) is 4.63. The van der Waals surface area contributed by atoms with Gasteiger partial charge in [0.15, 0.2) is 5.82 Å². The molecule has 3 nitrogen and oxygen atoms in total. The molecule has 0 fully saturated rings. The van der Waals surface area contributed by atoms with Crippen LogP contribution in [0.25, 0.3) is 83.3 Å². The van der Waals surface area contributed by atoms with Crippen molar-refractivity contribution in [3.05, 3.63) is 175 Å². The third-order valence-electron chi connectivity index (χ3n) is 10.6. The van der Waals surface area contributed by atoms with Crippen molar-refractivity contribution in [1.29, 1.82) is 0 Å². The molecule has 236 valence electrons. The molecular weight excluding hydrogens is 607 g/mol. The van der Waals surface area contributed by atoms with E-state index in [0.717, 1.165) is 39.2 Å². The van der Waals surface area contributed by atoms with Crippen LogP contribution in [0.15, 0.2) is 164 Å². The molecule has 10 rings (SSSR count). The standard InChI is InChI=1S/C47H33N3/c1-47(2)38-21-9-6-16-34(38)43-37(20-12-22-39(43)47)46-48-40-23-10-7-17-35(40)45(49-46)31-28-26-30(27-29-31)33-19-13-25-42-44(33)36-18-8-11-24-41(36)50(42)32-14-4-3-5-15-32/h3-29H,1-2H3. The van der Waals surface area contributed by atoms with E-state index in [-0.39, 0.29) is 5.41 Å². The van der Waals surface area contributed by atoms with Crippen molar-refractivity contribution in [2.45, 2.75) is 19.3 Å². The molecule has 9 aromatic rings. The number of rotatable bonds is 4. The topological polar surface area (TPSA) is 30.7 Å². The van der Waals surface area contributed by atoms with Crippen molar-refractivity contribution in [1.82, 2.24) is 14.5 Å². The van der Waals surface area contributed by atoms with Crippen LogP contribution in [-0.2, 0) is 5.41 Å². The van der Waals surface area contributed by atoms with E-state index >= 15 is 0 Å². The predicted molar refractivity (Wildman–Crippen MR) is 208 cm³/mol. The highest BCUT2D eigenvalue weighted by Gasteiger charge is 2.37. The van der Waals surface area contributed by atoms with Gasteiger partial charge in [0.1, 0.15) is 0 Å². The summed E-state index contributed by atoms with van der Waals surface area (Å²) in [5.74, 6) is 0.755. The van der Waals surface area contributed by atoms with E-state index in [9.17, 15) is 0 Å². The highest BCUT2D eigenvalue weighted by Crippen LogP contribution is 2.51. The van der Waals surface area contributed by atoms with E-state index in [2.05, 4.69) is 182 Å². The molecule has 3 heteroatoms. The molecule has 1 aliphatic rings. The lowest BCUT2D eigenvalue weighted by Crippen LogP contribution is -2.14. The Labute approximate surface area is 291 Å². The fourth-order valence-electron chi connectivity index (χ4n) is 8.28. The minimum Gasteiger partial charge on any atom is -0.309 e. The first-order valence-corrected chi connectivity index (χ1v) is 17.3. The summed E-state index contributed by atoms with van der Waals surface area (Å²) in [6.07, 6.45) is 0. The van der Waals surface area contributed by atoms with Crippen LogP contribution in [0.2, 0.25) is 0 Å². The predicted octanol–water partition coefficient (Wildman–Crippen LogP) is 12.0. The second-order valence-corrected chi connectivity index (χ2v) is 13.8. The molecule has 0 spiro atoms. The van der Waals surface area contributed by atoms with Crippen molar-refractivity contribution in [2.24, 2.45) is 0 Å². The van der Waals surface area contributed by atoms with Crippen LogP contribution < -0.4 is 0 Å². The Balaban J connectivity index is 1.13. The van der Waals surface area contributed by atoms with Crippen LogP contribution in [-0.4, -0.2) is 14.5 Å². The smallest absolute Gasteiger partial charge is 0.161 e. The molecule has 1 aliphatic carbocycles. The fraction of sp³-hybridized carbons (Fsp3) is 0.0638. The van der Waals surface area contributed by atoms with E-state index < -0.39 is 0 Å². The first-order chi connectivity index (χ1) is 24.6. The molecule has 50 heavy (non-hydrogen) atoms. The largest absolute Gasteiger partial charge is 0.309 e. The summed E-state index contributed by atoms with van der Waals surface area (Å²) in [4.78, 5) is 10.5. The number of para-hydroxylation sites is 3. The summed E-state index contributed by atoms with van der Waals surface area (Å²) in [5.41, 5.74) is 15.1. The monoisotopic (exact) mass is 639 g/mol. The lowest BCUT2D eigenvalue weighted by Gasteiger charge is -2.21. The highest BCUT2D eigenvalue weighted by atomic mass is 15.0.